The summed E-state index contributed by atoms with van der Waals surface area (Å²) in [6.07, 6.45) is 4.39. The van der Waals surface area contributed by atoms with E-state index >= 15 is 0 Å². The highest BCUT2D eigenvalue weighted by Gasteiger charge is 2.15. The Balaban J connectivity index is 1.52. The van der Waals surface area contributed by atoms with Gasteiger partial charge >= 0.3 is 0 Å². The lowest BCUT2D eigenvalue weighted by molar-refractivity contribution is 0.921. The van der Waals surface area contributed by atoms with Gasteiger partial charge in [-0.1, -0.05) is 75.2 Å². The summed E-state index contributed by atoms with van der Waals surface area (Å²) in [5, 5.41) is 4.40. The van der Waals surface area contributed by atoms with E-state index in [0.717, 1.165) is 69.9 Å². The van der Waals surface area contributed by atoms with Crippen molar-refractivity contribution in [3.8, 4) is 0 Å². The van der Waals surface area contributed by atoms with Crippen LogP contribution >= 0.6 is 0 Å². The molecule has 0 aliphatic carbocycles. The highest BCUT2D eigenvalue weighted by molar-refractivity contribution is 5.80. The first-order chi connectivity index (χ1) is 21.5. The minimum atomic E-state index is 1.07. The second-order valence-electron chi connectivity index (χ2n) is 12.0. The number of benzene rings is 2. The Morgan fingerprint density at radius 1 is 0.432 bits per heavy atom. The standard InChI is InChI=1S/C40H40N4/c1-5-9-27-11-7-13-29(23-27)39-35-19-15-31(41-35)25(3)33-17-21-37(43-33)40(30-14-8-12-28(24-30)10-6-2)38-22-18-34(44-38)26(4)32-16-20-36(39)42-32/h7-8,11-24,41-44H,5-6,9-10H2,1-4H3. The molecule has 0 saturated carbocycles. The highest BCUT2D eigenvalue weighted by Crippen LogP contribution is 2.25. The monoisotopic (exact) mass is 576 g/mol. The van der Waals surface area contributed by atoms with E-state index in [1.807, 2.05) is 0 Å². The van der Waals surface area contributed by atoms with E-state index in [2.05, 4.69) is 145 Å². The lowest BCUT2D eigenvalue weighted by atomic mass is 9.99. The number of H-pyrrole nitrogens is 4. The fourth-order valence-corrected chi connectivity index (χ4v) is 6.58. The van der Waals surface area contributed by atoms with Gasteiger partial charge in [0.15, 0.2) is 0 Å². The first kappa shape index (κ1) is 27.8. The van der Waals surface area contributed by atoms with Crippen molar-refractivity contribution < 1.29 is 0 Å². The van der Waals surface area contributed by atoms with E-state index < -0.39 is 0 Å². The molecular weight excluding hydrogens is 536 g/mol. The average Bonchev–Trinajstić information content (AvgIpc) is 3.86. The topological polar surface area (TPSA) is 63.2 Å². The van der Waals surface area contributed by atoms with Gasteiger partial charge in [0.1, 0.15) is 0 Å². The van der Waals surface area contributed by atoms with Crippen LogP contribution in [0.25, 0.3) is 22.3 Å². The van der Waals surface area contributed by atoms with Crippen molar-refractivity contribution in [3.63, 3.8) is 0 Å². The Kier molecular flexibility index (Phi) is 7.35. The van der Waals surface area contributed by atoms with Crippen LogP contribution in [0.3, 0.4) is 0 Å². The lowest BCUT2D eigenvalue weighted by Crippen LogP contribution is -2.17. The first-order valence-corrected chi connectivity index (χ1v) is 15.9. The zero-order chi connectivity index (χ0) is 30.2. The number of hydrogen-bond donors (Lipinski definition) is 4. The number of aromatic nitrogens is 4. The zero-order valence-corrected chi connectivity index (χ0v) is 26.1. The van der Waals surface area contributed by atoms with Gasteiger partial charge < -0.3 is 19.9 Å². The molecule has 1 aliphatic heterocycles. The largest absolute Gasteiger partial charge is 0.355 e. The smallest absolute Gasteiger partial charge is 0.0485 e. The number of nitrogens with one attached hydrogen (secondary N) is 4. The van der Waals surface area contributed by atoms with E-state index in [4.69, 9.17) is 0 Å². The molecule has 0 radical (unpaired) electrons. The number of aryl methyl sites for hydroxylation is 2. The third-order valence-electron chi connectivity index (χ3n) is 8.95. The fourth-order valence-electron chi connectivity index (χ4n) is 6.58. The summed E-state index contributed by atoms with van der Waals surface area (Å²) < 4.78 is 0. The van der Waals surface area contributed by atoms with Crippen molar-refractivity contribution in [2.75, 3.05) is 0 Å². The molecule has 4 N–H and O–H groups in total. The molecule has 0 unspecified atom stereocenters. The average molecular weight is 577 g/mol. The van der Waals surface area contributed by atoms with Crippen LogP contribution in [0.2, 0.25) is 0 Å². The van der Waals surface area contributed by atoms with Gasteiger partial charge in [0.25, 0.3) is 0 Å². The maximum absolute atomic E-state index is 3.79. The maximum atomic E-state index is 3.79. The molecule has 1 aliphatic rings. The van der Waals surface area contributed by atoms with Crippen LogP contribution in [0.4, 0.5) is 0 Å². The third-order valence-corrected chi connectivity index (χ3v) is 8.95. The van der Waals surface area contributed by atoms with Gasteiger partial charge in [0, 0.05) is 55.3 Å². The Hall–Kier alpha value is -4.96. The Morgan fingerprint density at radius 3 is 1.27 bits per heavy atom. The summed E-state index contributed by atoms with van der Waals surface area (Å²) in [7, 11) is 0. The molecule has 0 amide bonds. The summed E-state index contributed by atoms with van der Waals surface area (Å²) in [6.45, 7) is 8.85. The van der Waals surface area contributed by atoms with Gasteiger partial charge in [-0.25, -0.2) is 0 Å². The van der Waals surface area contributed by atoms with Crippen LogP contribution < -0.4 is 21.4 Å². The third kappa shape index (κ3) is 5.11. The molecule has 2 aromatic carbocycles. The van der Waals surface area contributed by atoms with E-state index in [-0.39, 0.29) is 0 Å². The molecule has 0 spiro atoms. The maximum Gasteiger partial charge on any atom is 0.0485 e. The predicted molar refractivity (Wildman–Crippen MR) is 182 cm³/mol. The second kappa shape index (κ2) is 11.6. The summed E-state index contributed by atoms with van der Waals surface area (Å²) in [4.78, 5) is 15.1. The van der Waals surface area contributed by atoms with Crippen molar-refractivity contribution in [1.82, 2.24) is 19.9 Å². The zero-order valence-electron chi connectivity index (χ0n) is 26.1. The van der Waals surface area contributed by atoms with Gasteiger partial charge in [-0.15, -0.1) is 0 Å². The summed E-state index contributed by atoms with van der Waals surface area (Å²) >= 11 is 0. The van der Waals surface area contributed by atoms with E-state index in [9.17, 15) is 0 Å². The van der Waals surface area contributed by atoms with Gasteiger partial charge in [-0.2, -0.15) is 0 Å². The lowest BCUT2D eigenvalue weighted by Gasteiger charge is -2.09. The molecule has 4 heteroatoms. The van der Waals surface area contributed by atoms with Crippen molar-refractivity contribution in [2.45, 2.75) is 53.4 Å². The molecule has 4 nitrogen and oxygen atoms in total. The van der Waals surface area contributed by atoms with Crippen LogP contribution in [0.1, 0.15) is 85.6 Å². The van der Waals surface area contributed by atoms with Gasteiger partial charge in [-0.05, 0) is 109 Å². The van der Waals surface area contributed by atoms with Crippen molar-refractivity contribution in [2.24, 2.45) is 0 Å². The molecule has 0 atom stereocenters. The SMILES string of the molecule is CCCc1cccc(C2=c3ccc([nH]3)=C(C)c3ccc([nH]3)C(c3cccc(CCC)c3)=c3ccc([nH]3)=C(C)c3ccc2[nH]3)c1. The molecule has 220 valence electrons. The van der Waals surface area contributed by atoms with Gasteiger partial charge in [0.2, 0.25) is 0 Å². The molecular formula is C40H40N4. The number of fused-ring (bicyclic) bond motifs is 8. The Morgan fingerprint density at radius 2 is 0.841 bits per heavy atom. The first-order valence-electron chi connectivity index (χ1n) is 15.9. The summed E-state index contributed by atoms with van der Waals surface area (Å²) in [6, 6.07) is 35.6. The molecule has 7 rings (SSSR count). The number of hydrogen-bond acceptors (Lipinski definition) is 0. The van der Waals surface area contributed by atoms with Crippen LogP contribution in [-0.2, 0) is 12.8 Å². The summed E-state index contributed by atoms with van der Waals surface area (Å²) in [5.41, 5.74) is 14.2. The van der Waals surface area contributed by atoms with Crippen LogP contribution in [0, 0.1) is 0 Å². The quantitative estimate of drug-likeness (QED) is 0.184. The van der Waals surface area contributed by atoms with Crippen LogP contribution in [0.5, 0.6) is 0 Å². The number of rotatable bonds is 6. The van der Waals surface area contributed by atoms with E-state index in [1.165, 1.54) is 44.5 Å². The van der Waals surface area contributed by atoms with Crippen molar-refractivity contribution in [1.29, 1.82) is 0 Å². The molecule has 44 heavy (non-hydrogen) atoms. The minimum Gasteiger partial charge on any atom is -0.355 e. The second-order valence-corrected chi connectivity index (χ2v) is 12.0. The molecule has 4 aromatic heterocycles. The summed E-state index contributed by atoms with van der Waals surface area (Å²) in [5.74, 6) is 0. The molecule has 0 saturated heterocycles. The normalized spacial score (nSPS) is 13.2. The Bertz CT molecular complexity index is 2070. The molecule has 8 bridgehead atoms. The van der Waals surface area contributed by atoms with Gasteiger partial charge in [0.05, 0.1) is 0 Å². The molecule has 0 fully saturated rings. The minimum absolute atomic E-state index is 1.07. The molecule has 5 heterocycles. The fraction of sp³-hybridized carbons (Fsp3) is 0.200. The van der Waals surface area contributed by atoms with Crippen LogP contribution in [-0.4, -0.2) is 19.9 Å². The Labute approximate surface area is 258 Å². The van der Waals surface area contributed by atoms with Gasteiger partial charge in [-0.3, -0.25) is 0 Å². The van der Waals surface area contributed by atoms with Crippen molar-refractivity contribution in [3.05, 3.63) is 163 Å². The van der Waals surface area contributed by atoms with Crippen LogP contribution in [0.15, 0.2) is 97.1 Å². The van der Waals surface area contributed by atoms with Crippen molar-refractivity contribution >= 4 is 22.3 Å². The predicted octanol–water partition coefficient (Wildman–Crippen LogP) is 6.15. The molecule has 6 aromatic rings. The number of aromatic amines is 4. The van der Waals surface area contributed by atoms with E-state index in [0.29, 0.717) is 0 Å². The highest BCUT2D eigenvalue weighted by atomic mass is 14.8. The van der Waals surface area contributed by atoms with E-state index in [1.54, 1.807) is 0 Å².